The minimum Gasteiger partial charge on any atom is -0.297 e. The summed E-state index contributed by atoms with van der Waals surface area (Å²) >= 11 is 0. The Morgan fingerprint density at radius 2 is 1.50 bits per heavy atom. The second-order valence-corrected chi connectivity index (χ2v) is 7.02. The molecule has 2 bridgehead atoms. The zero-order valence-corrected chi connectivity index (χ0v) is 13.0. The van der Waals surface area contributed by atoms with Gasteiger partial charge in [-0.2, -0.15) is 0 Å². The number of likely N-dealkylation sites (N-methyl/N-ethyl adjacent to an activating group) is 1. The fraction of sp³-hybridized carbons (Fsp3) is 0.333. The van der Waals surface area contributed by atoms with Gasteiger partial charge in [0.2, 0.25) is 0 Å². The van der Waals surface area contributed by atoms with Crippen molar-refractivity contribution in [3.8, 4) is 11.1 Å². The molecule has 2 aromatic rings. The van der Waals surface area contributed by atoms with Gasteiger partial charge in [-0.25, -0.2) is 0 Å². The van der Waals surface area contributed by atoms with E-state index in [0.717, 1.165) is 6.04 Å². The molecule has 3 aliphatic rings. The van der Waals surface area contributed by atoms with E-state index in [1.54, 1.807) is 5.57 Å². The first-order valence-electron chi connectivity index (χ1n) is 8.43. The molecule has 1 saturated heterocycles. The minimum absolute atomic E-state index is 0.490. The summed E-state index contributed by atoms with van der Waals surface area (Å²) in [5, 5.41) is 0. The third kappa shape index (κ3) is 1.63. The summed E-state index contributed by atoms with van der Waals surface area (Å²) in [6.07, 6.45) is 6.51. The summed E-state index contributed by atoms with van der Waals surface area (Å²) in [5.74, 6) is 0.490. The van der Waals surface area contributed by atoms with Gasteiger partial charge in [-0.05, 0) is 48.6 Å². The first-order chi connectivity index (χ1) is 10.8. The third-order valence-corrected chi connectivity index (χ3v) is 5.98. The van der Waals surface area contributed by atoms with E-state index < -0.39 is 0 Å². The van der Waals surface area contributed by atoms with Gasteiger partial charge < -0.3 is 0 Å². The van der Waals surface area contributed by atoms with E-state index in [-0.39, 0.29) is 0 Å². The highest BCUT2D eigenvalue weighted by molar-refractivity contribution is 5.80. The van der Waals surface area contributed by atoms with Crippen molar-refractivity contribution < 1.29 is 0 Å². The molecular weight excluding hydrogens is 266 g/mol. The summed E-state index contributed by atoms with van der Waals surface area (Å²) in [5.41, 5.74) is 7.56. The number of rotatable bonds is 1. The zero-order chi connectivity index (χ0) is 14.7. The van der Waals surface area contributed by atoms with Gasteiger partial charge in [0.1, 0.15) is 0 Å². The molecule has 1 fully saturated rings. The van der Waals surface area contributed by atoms with Crippen molar-refractivity contribution in [3.05, 3.63) is 71.3 Å². The fourth-order valence-corrected chi connectivity index (χ4v) is 4.84. The van der Waals surface area contributed by atoms with Gasteiger partial charge in [0.25, 0.3) is 0 Å². The highest BCUT2D eigenvalue weighted by Crippen LogP contribution is 2.51. The Bertz CT molecular complexity index is 727. The Kier molecular flexibility index (Phi) is 2.63. The number of benzene rings is 2. The monoisotopic (exact) mass is 287 g/mol. The van der Waals surface area contributed by atoms with Crippen LogP contribution >= 0.6 is 0 Å². The van der Waals surface area contributed by atoms with Gasteiger partial charge in [0, 0.05) is 18.0 Å². The van der Waals surface area contributed by atoms with Crippen molar-refractivity contribution in [2.45, 2.75) is 37.3 Å². The molecule has 0 aromatic heterocycles. The molecule has 2 heterocycles. The highest BCUT2D eigenvalue weighted by atomic mass is 15.2. The molecule has 0 amide bonds. The van der Waals surface area contributed by atoms with Crippen molar-refractivity contribution >= 4 is 0 Å². The Hall–Kier alpha value is -1.86. The molecule has 0 spiro atoms. The van der Waals surface area contributed by atoms with Gasteiger partial charge >= 0.3 is 0 Å². The Labute approximate surface area is 132 Å². The molecule has 2 unspecified atom stereocenters. The molecule has 1 aliphatic carbocycles. The largest absolute Gasteiger partial charge is 0.297 e. The molecule has 0 saturated carbocycles. The van der Waals surface area contributed by atoms with E-state index in [0.29, 0.717) is 12.0 Å². The molecule has 1 nitrogen and oxygen atoms in total. The summed E-state index contributed by atoms with van der Waals surface area (Å²) in [6.45, 7) is 0. The van der Waals surface area contributed by atoms with Gasteiger partial charge in [0.15, 0.2) is 0 Å². The van der Waals surface area contributed by atoms with Crippen LogP contribution in [-0.4, -0.2) is 24.0 Å². The number of hydrogen-bond acceptors (Lipinski definition) is 1. The molecule has 0 radical (unpaired) electrons. The van der Waals surface area contributed by atoms with Crippen LogP contribution in [0.15, 0.2) is 60.2 Å². The first-order valence-corrected chi connectivity index (χ1v) is 8.43. The normalized spacial score (nSPS) is 26.7. The average Bonchev–Trinajstić information content (AvgIpc) is 2.96. The molecule has 5 rings (SSSR count). The van der Waals surface area contributed by atoms with Crippen LogP contribution in [0, 0.1) is 0 Å². The Morgan fingerprint density at radius 3 is 2.14 bits per heavy atom. The van der Waals surface area contributed by atoms with Gasteiger partial charge in [-0.1, -0.05) is 60.2 Å². The van der Waals surface area contributed by atoms with Crippen molar-refractivity contribution in [2.75, 3.05) is 7.05 Å². The van der Waals surface area contributed by atoms with Crippen LogP contribution in [0.5, 0.6) is 0 Å². The van der Waals surface area contributed by atoms with Crippen LogP contribution in [0.4, 0.5) is 0 Å². The van der Waals surface area contributed by atoms with Crippen LogP contribution in [0.2, 0.25) is 0 Å². The molecule has 0 N–H and O–H groups in total. The predicted molar refractivity (Wildman–Crippen MR) is 91.0 cm³/mol. The lowest BCUT2D eigenvalue weighted by molar-refractivity contribution is 0.252. The van der Waals surface area contributed by atoms with E-state index >= 15 is 0 Å². The second-order valence-electron chi connectivity index (χ2n) is 7.02. The SMILES string of the molecule is CN1C2C=C(C3c4ccccc4-c4ccccc43)CC1CC2. The Morgan fingerprint density at radius 1 is 0.864 bits per heavy atom. The van der Waals surface area contributed by atoms with E-state index in [1.165, 1.54) is 41.5 Å². The number of hydrogen-bond donors (Lipinski definition) is 0. The molecule has 1 heteroatoms. The summed E-state index contributed by atoms with van der Waals surface area (Å²) in [7, 11) is 2.30. The predicted octanol–water partition coefficient (Wildman–Crippen LogP) is 4.59. The second kappa shape index (κ2) is 4.57. The fourth-order valence-electron chi connectivity index (χ4n) is 4.84. The van der Waals surface area contributed by atoms with E-state index in [9.17, 15) is 0 Å². The van der Waals surface area contributed by atoms with E-state index in [2.05, 4.69) is 66.6 Å². The summed E-state index contributed by atoms with van der Waals surface area (Å²) in [4.78, 5) is 2.58. The Balaban J connectivity index is 1.68. The van der Waals surface area contributed by atoms with Crippen LogP contribution in [0.25, 0.3) is 11.1 Å². The quantitative estimate of drug-likeness (QED) is 0.693. The molecule has 22 heavy (non-hydrogen) atoms. The summed E-state index contributed by atoms with van der Waals surface area (Å²) < 4.78 is 0. The van der Waals surface area contributed by atoms with Gasteiger partial charge in [0.05, 0.1) is 0 Å². The van der Waals surface area contributed by atoms with Crippen LogP contribution in [-0.2, 0) is 0 Å². The summed E-state index contributed by atoms with van der Waals surface area (Å²) in [6, 6.07) is 19.4. The van der Waals surface area contributed by atoms with Crippen molar-refractivity contribution in [1.29, 1.82) is 0 Å². The average molecular weight is 287 g/mol. The number of fused-ring (bicyclic) bond motifs is 5. The van der Waals surface area contributed by atoms with Gasteiger partial charge in [-0.3, -0.25) is 4.90 Å². The van der Waals surface area contributed by atoms with Crippen LogP contribution < -0.4 is 0 Å². The van der Waals surface area contributed by atoms with Gasteiger partial charge in [-0.15, -0.1) is 0 Å². The van der Waals surface area contributed by atoms with Crippen LogP contribution in [0.1, 0.15) is 36.3 Å². The molecule has 2 aliphatic heterocycles. The first kappa shape index (κ1) is 12.7. The highest BCUT2D eigenvalue weighted by Gasteiger charge is 2.38. The van der Waals surface area contributed by atoms with E-state index in [1.807, 2.05) is 0 Å². The lowest BCUT2D eigenvalue weighted by atomic mass is 9.84. The zero-order valence-electron chi connectivity index (χ0n) is 13.0. The standard InChI is InChI=1S/C21H21N/c1-22-15-10-11-16(22)13-14(12-15)21-19-8-4-2-6-17(19)18-7-3-5-9-20(18)21/h2-9,12,15-16,21H,10-11,13H2,1H3. The topological polar surface area (TPSA) is 3.24 Å². The number of nitrogens with zero attached hydrogens (tertiary/aromatic N) is 1. The molecule has 2 aromatic carbocycles. The maximum atomic E-state index is 2.58. The smallest absolute Gasteiger partial charge is 0.0312 e. The van der Waals surface area contributed by atoms with Crippen molar-refractivity contribution in [1.82, 2.24) is 4.90 Å². The minimum atomic E-state index is 0.490. The van der Waals surface area contributed by atoms with Crippen LogP contribution in [0.3, 0.4) is 0 Å². The maximum Gasteiger partial charge on any atom is 0.0312 e. The third-order valence-electron chi connectivity index (χ3n) is 5.98. The maximum absolute atomic E-state index is 2.58. The molecule has 110 valence electrons. The van der Waals surface area contributed by atoms with E-state index in [4.69, 9.17) is 0 Å². The van der Waals surface area contributed by atoms with Crippen molar-refractivity contribution in [3.63, 3.8) is 0 Å². The lowest BCUT2D eigenvalue weighted by Crippen LogP contribution is -2.35. The van der Waals surface area contributed by atoms with Crippen molar-refractivity contribution in [2.24, 2.45) is 0 Å². The lowest BCUT2D eigenvalue weighted by Gasteiger charge is -2.33. The molecular formula is C21H21N. The molecule has 2 atom stereocenters.